The molecule has 0 spiro atoms. The highest BCUT2D eigenvalue weighted by Crippen LogP contribution is 2.41. The fourth-order valence-electron chi connectivity index (χ4n) is 7.40. The molecule has 2 saturated heterocycles. The van der Waals surface area contributed by atoms with Gasteiger partial charge in [0.05, 0.1) is 60.7 Å². The fourth-order valence-corrected chi connectivity index (χ4v) is 7.40. The Balaban J connectivity index is 1.37. The molecule has 0 saturated carbocycles. The minimum Gasteiger partial charge on any atom is -0.493 e. The van der Waals surface area contributed by atoms with Crippen molar-refractivity contribution >= 4 is 11.8 Å². The second-order valence-electron chi connectivity index (χ2n) is 13.6. The van der Waals surface area contributed by atoms with Crippen molar-refractivity contribution in [3.8, 4) is 34.5 Å². The van der Waals surface area contributed by atoms with E-state index in [4.69, 9.17) is 33.2 Å². The number of carbonyl (C=O) groups excluding carboxylic acids is 2. The molecular weight excluding hydrogens is 690 g/mol. The quantitative estimate of drug-likeness (QED) is 0.171. The van der Waals surface area contributed by atoms with E-state index >= 15 is 0 Å². The van der Waals surface area contributed by atoms with Crippen molar-refractivity contribution in [3.63, 3.8) is 0 Å². The monoisotopic (exact) mass is 747 g/mol. The topological polar surface area (TPSA) is 117 Å². The summed E-state index contributed by atoms with van der Waals surface area (Å²) in [5, 5.41) is 3.37. The Labute approximate surface area is 319 Å². The number of morpholine rings is 1. The van der Waals surface area contributed by atoms with Crippen LogP contribution in [0.4, 0.5) is 0 Å². The van der Waals surface area contributed by atoms with Gasteiger partial charge in [0, 0.05) is 26.2 Å². The molecule has 0 bridgehead atoms. The van der Waals surface area contributed by atoms with Crippen molar-refractivity contribution in [2.45, 2.75) is 63.5 Å². The predicted molar refractivity (Wildman–Crippen MR) is 206 cm³/mol. The van der Waals surface area contributed by atoms with Gasteiger partial charge >= 0.3 is 0 Å². The number of nitrogens with zero attached hydrogens (tertiary/aromatic N) is 2. The number of benzene rings is 3. The summed E-state index contributed by atoms with van der Waals surface area (Å²) in [7, 11) is 7.91. The molecule has 0 radical (unpaired) electrons. The van der Waals surface area contributed by atoms with Gasteiger partial charge in [-0.25, -0.2) is 0 Å². The molecule has 2 aliphatic rings. The Hall–Kier alpha value is -4.68. The molecule has 0 aromatic heterocycles. The first-order chi connectivity index (χ1) is 26.3. The lowest BCUT2D eigenvalue weighted by atomic mass is 9.91. The van der Waals surface area contributed by atoms with E-state index in [1.807, 2.05) is 61.5 Å². The minimum absolute atomic E-state index is 0.0934. The molecular formula is C42H57N3O9. The number of methoxy groups -OCH3 is 5. The van der Waals surface area contributed by atoms with Crippen molar-refractivity contribution in [1.29, 1.82) is 0 Å². The number of nitrogens with one attached hydrogen (secondary N) is 1. The van der Waals surface area contributed by atoms with Crippen molar-refractivity contribution in [2.24, 2.45) is 0 Å². The molecule has 2 aliphatic heterocycles. The summed E-state index contributed by atoms with van der Waals surface area (Å²) in [4.78, 5) is 32.9. The number of rotatable bonds is 18. The van der Waals surface area contributed by atoms with Crippen LogP contribution in [0.15, 0.2) is 54.6 Å². The lowest BCUT2D eigenvalue weighted by molar-refractivity contribution is -0.143. The minimum atomic E-state index is -0.612. The van der Waals surface area contributed by atoms with E-state index in [2.05, 4.69) is 10.2 Å². The SMILES string of the molecule is CC[C@@H](C(=O)N1CCCCC1C(=O)N[C@H](CCc1ccc(OC)c(OC)c1)c1cccc(OCCN2CCOCC2)c1)c1cc(OC)c(OC)c(OC)c1. The standard InChI is InChI=1S/C42H57N3O9/c1-7-33(31-27-38(50-4)40(52-6)39(28-31)51-5)42(47)45-18-9-8-13-35(45)41(46)43-34(16-14-29-15-17-36(48-2)37(25-29)49-3)30-11-10-12-32(26-30)54-24-21-44-19-22-53-23-20-44/h10-12,15,17,25-28,33-35H,7-9,13-14,16,18-24H2,1-6H3,(H,43,46)/t33-,34-,35?/m1/s1. The summed E-state index contributed by atoms with van der Waals surface area (Å²) < 4.78 is 39.4. The van der Waals surface area contributed by atoms with Gasteiger partial charge in [-0.1, -0.05) is 25.1 Å². The van der Waals surface area contributed by atoms with Gasteiger partial charge in [-0.15, -0.1) is 0 Å². The molecule has 12 nitrogen and oxygen atoms in total. The molecule has 294 valence electrons. The van der Waals surface area contributed by atoms with Crippen LogP contribution in [0.2, 0.25) is 0 Å². The van der Waals surface area contributed by atoms with E-state index < -0.39 is 12.0 Å². The van der Waals surface area contributed by atoms with E-state index in [1.165, 1.54) is 0 Å². The van der Waals surface area contributed by atoms with Crippen molar-refractivity contribution < 1.29 is 42.7 Å². The van der Waals surface area contributed by atoms with E-state index in [-0.39, 0.29) is 17.9 Å². The third-order valence-electron chi connectivity index (χ3n) is 10.4. The van der Waals surface area contributed by atoms with Gasteiger partial charge in [0.1, 0.15) is 18.4 Å². The van der Waals surface area contributed by atoms with Gasteiger partial charge in [-0.2, -0.15) is 0 Å². The van der Waals surface area contributed by atoms with Crippen molar-refractivity contribution in [3.05, 3.63) is 71.3 Å². The third-order valence-corrected chi connectivity index (χ3v) is 10.4. The Bertz CT molecular complexity index is 1650. The summed E-state index contributed by atoms with van der Waals surface area (Å²) in [5.41, 5.74) is 2.74. The van der Waals surface area contributed by atoms with Crippen LogP contribution >= 0.6 is 0 Å². The summed E-state index contributed by atoms with van der Waals surface area (Å²) in [6.45, 7) is 7.12. The second kappa shape index (κ2) is 20.1. The van der Waals surface area contributed by atoms with Gasteiger partial charge in [-0.05, 0) is 91.6 Å². The molecule has 5 rings (SSSR count). The van der Waals surface area contributed by atoms with Crippen LogP contribution in [-0.4, -0.2) is 109 Å². The lowest BCUT2D eigenvalue weighted by Gasteiger charge is -2.38. The van der Waals surface area contributed by atoms with Gasteiger partial charge < -0.3 is 43.4 Å². The number of carbonyl (C=O) groups is 2. The summed E-state index contributed by atoms with van der Waals surface area (Å²) in [6.07, 6.45) is 4.08. The highest BCUT2D eigenvalue weighted by atomic mass is 16.5. The molecule has 3 atom stereocenters. The third kappa shape index (κ3) is 10.1. The molecule has 54 heavy (non-hydrogen) atoms. The molecule has 3 aromatic carbocycles. The number of aryl methyl sites for hydroxylation is 1. The molecule has 12 heteroatoms. The fraction of sp³-hybridized carbons (Fsp3) is 0.524. The van der Waals surface area contributed by atoms with Gasteiger partial charge in [0.25, 0.3) is 0 Å². The van der Waals surface area contributed by atoms with E-state index in [9.17, 15) is 9.59 Å². The zero-order chi connectivity index (χ0) is 38.5. The molecule has 2 amide bonds. The second-order valence-corrected chi connectivity index (χ2v) is 13.6. The first-order valence-electron chi connectivity index (χ1n) is 19.0. The summed E-state index contributed by atoms with van der Waals surface area (Å²) in [5.74, 6) is 2.73. The lowest BCUT2D eigenvalue weighted by Crippen LogP contribution is -2.53. The number of amides is 2. The van der Waals surface area contributed by atoms with Crippen molar-refractivity contribution in [2.75, 3.05) is 81.5 Å². The molecule has 2 heterocycles. The van der Waals surface area contributed by atoms with Crippen LogP contribution in [0, 0.1) is 0 Å². The zero-order valence-electron chi connectivity index (χ0n) is 32.7. The predicted octanol–water partition coefficient (Wildman–Crippen LogP) is 5.81. The summed E-state index contributed by atoms with van der Waals surface area (Å²) >= 11 is 0. The zero-order valence-corrected chi connectivity index (χ0v) is 32.7. The molecule has 1 unspecified atom stereocenters. The van der Waals surface area contributed by atoms with Gasteiger partial charge in [0.15, 0.2) is 23.0 Å². The maximum atomic E-state index is 14.4. The molecule has 3 aromatic rings. The highest BCUT2D eigenvalue weighted by Gasteiger charge is 2.37. The molecule has 2 fully saturated rings. The smallest absolute Gasteiger partial charge is 0.243 e. The highest BCUT2D eigenvalue weighted by molar-refractivity contribution is 5.91. The largest absolute Gasteiger partial charge is 0.493 e. The van der Waals surface area contributed by atoms with Crippen LogP contribution in [0.3, 0.4) is 0 Å². The number of hydrogen-bond acceptors (Lipinski definition) is 10. The Morgan fingerprint density at radius 1 is 0.815 bits per heavy atom. The first-order valence-corrected chi connectivity index (χ1v) is 19.0. The van der Waals surface area contributed by atoms with Gasteiger partial charge in [-0.3, -0.25) is 14.5 Å². The first kappa shape index (κ1) is 40.5. The summed E-state index contributed by atoms with van der Waals surface area (Å²) in [6, 6.07) is 16.5. The maximum absolute atomic E-state index is 14.4. The maximum Gasteiger partial charge on any atom is 0.243 e. The van der Waals surface area contributed by atoms with Crippen LogP contribution in [-0.2, 0) is 20.7 Å². The van der Waals surface area contributed by atoms with E-state index in [0.29, 0.717) is 67.6 Å². The number of hydrogen-bond donors (Lipinski definition) is 1. The van der Waals surface area contributed by atoms with Crippen LogP contribution in [0.5, 0.6) is 34.5 Å². The van der Waals surface area contributed by atoms with Gasteiger partial charge in [0.2, 0.25) is 17.6 Å². The van der Waals surface area contributed by atoms with Crippen molar-refractivity contribution in [1.82, 2.24) is 15.1 Å². The Kier molecular flexibility index (Phi) is 15.1. The van der Waals surface area contributed by atoms with Crippen LogP contribution < -0.4 is 33.7 Å². The normalized spacial score (nSPS) is 17.2. The number of likely N-dealkylation sites (tertiary alicyclic amines) is 1. The van der Waals surface area contributed by atoms with Crippen LogP contribution in [0.25, 0.3) is 0 Å². The Morgan fingerprint density at radius 3 is 2.20 bits per heavy atom. The average Bonchev–Trinajstić information content (AvgIpc) is 3.22. The average molecular weight is 748 g/mol. The molecule has 1 N–H and O–H groups in total. The molecule has 0 aliphatic carbocycles. The van der Waals surface area contributed by atoms with E-state index in [0.717, 1.165) is 68.1 Å². The number of piperidine rings is 1. The number of ether oxygens (including phenoxy) is 7. The van der Waals surface area contributed by atoms with Crippen LogP contribution in [0.1, 0.15) is 67.7 Å². The van der Waals surface area contributed by atoms with E-state index in [1.54, 1.807) is 40.4 Å². The Morgan fingerprint density at radius 2 is 1.54 bits per heavy atom.